The van der Waals surface area contributed by atoms with E-state index in [0.29, 0.717) is 58.0 Å². The maximum Gasteiger partial charge on any atom is 0.227 e. The summed E-state index contributed by atoms with van der Waals surface area (Å²) in [6, 6.07) is 11.4. The van der Waals surface area contributed by atoms with Crippen LogP contribution in [0, 0.1) is 18.3 Å². The Morgan fingerprint density at radius 1 is 1.07 bits per heavy atom. The number of rotatable bonds is 10. The molecule has 0 spiro atoms. The number of hydrogen-bond donors (Lipinski definition) is 0. The Hall–Kier alpha value is -4.47. The number of benzene rings is 1. The first-order chi connectivity index (χ1) is 20.7. The predicted octanol–water partition coefficient (Wildman–Crippen LogP) is 5.73. The van der Waals surface area contributed by atoms with Gasteiger partial charge in [0, 0.05) is 33.2 Å². The van der Waals surface area contributed by atoms with E-state index in [0.717, 1.165) is 35.7 Å². The molecule has 4 aromatic heterocycles. The minimum Gasteiger partial charge on any atom is -0.480 e. The topological polar surface area (TPSA) is 129 Å². The van der Waals surface area contributed by atoms with Crippen molar-refractivity contribution in [3.05, 3.63) is 53.7 Å². The van der Waals surface area contributed by atoms with Crippen LogP contribution in [0.3, 0.4) is 0 Å². The first kappa shape index (κ1) is 28.6. The lowest BCUT2D eigenvalue weighted by Gasteiger charge is -2.15. The highest BCUT2D eigenvalue weighted by Crippen LogP contribution is 2.45. The Bertz CT molecular complexity index is 1840. The molecule has 0 radical (unpaired) electrons. The molecule has 11 nitrogen and oxygen atoms in total. The number of methoxy groups -OCH3 is 1. The number of fused-ring (bicyclic) bond motifs is 1. The van der Waals surface area contributed by atoms with Crippen molar-refractivity contribution in [2.45, 2.75) is 58.1 Å². The molecule has 5 aromatic rings. The summed E-state index contributed by atoms with van der Waals surface area (Å²) < 4.78 is 15.4. The molecule has 0 N–H and O–H groups in total. The summed E-state index contributed by atoms with van der Waals surface area (Å²) in [4.78, 5) is 23.5. The van der Waals surface area contributed by atoms with Crippen molar-refractivity contribution in [3.63, 3.8) is 0 Å². The lowest BCUT2D eigenvalue weighted by atomic mass is 10.1. The summed E-state index contributed by atoms with van der Waals surface area (Å²) >= 11 is 0. The molecule has 0 amide bonds. The summed E-state index contributed by atoms with van der Waals surface area (Å²) in [5.41, 5.74) is 6.27. The fraction of sp³-hybridized carbons (Fsp3) is 0.387. The molecule has 220 valence electrons. The molecule has 0 aliphatic heterocycles. The van der Waals surface area contributed by atoms with Crippen molar-refractivity contribution in [2.24, 2.45) is 7.05 Å². The third-order valence-corrected chi connectivity index (χ3v) is 9.36. The van der Waals surface area contributed by atoms with Gasteiger partial charge >= 0.3 is 0 Å². The van der Waals surface area contributed by atoms with E-state index in [-0.39, 0.29) is 12.4 Å². The van der Waals surface area contributed by atoms with Gasteiger partial charge in [0.05, 0.1) is 19.0 Å². The average molecular weight is 594 g/mol. The summed E-state index contributed by atoms with van der Waals surface area (Å²) in [6.07, 6.45) is 5.38. The Labute approximate surface area is 251 Å². The number of nitriles is 1. The molecule has 0 bridgehead atoms. The van der Waals surface area contributed by atoms with E-state index in [4.69, 9.17) is 29.5 Å². The lowest BCUT2D eigenvalue weighted by Crippen LogP contribution is -2.22. The number of hydrogen-bond acceptors (Lipinski definition) is 9. The normalized spacial score (nSPS) is 13.4. The van der Waals surface area contributed by atoms with Gasteiger partial charge in [0.2, 0.25) is 5.88 Å². The van der Waals surface area contributed by atoms with E-state index in [1.54, 1.807) is 18.0 Å². The zero-order chi connectivity index (χ0) is 30.3. The second kappa shape index (κ2) is 11.3. The molecule has 43 heavy (non-hydrogen) atoms. The molecular weight excluding hydrogens is 558 g/mol. The molecule has 4 heterocycles. The number of nitrogens with zero attached hydrogens (tertiary/aromatic N) is 9. The molecule has 0 atom stereocenters. The van der Waals surface area contributed by atoms with E-state index >= 15 is 0 Å². The molecule has 0 unspecified atom stereocenters. The molecule has 1 aliphatic rings. The fourth-order valence-electron chi connectivity index (χ4n) is 5.09. The van der Waals surface area contributed by atoms with Gasteiger partial charge in [-0.15, -0.1) is 0 Å². The van der Waals surface area contributed by atoms with Crippen LogP contribution in [0.4, 0.5) is 0 Å². The SMILES string of the molecule is COc1ncnc(C2CC2)c1-c1ncc2c(n1)c(-c1c(C#N)nc(-c3ccc(C)cc3)n1C)nn2COCC[Si](C)(C)C. The summed E-state index contributed by atoms with van der Waals surface area (Å²) in [5, 5.41) is 15.2. The monoisotopic (exact) mass is 593 g/mol. The van der Waals surface area contributed by atoms with Gasteiger partial charge in [-0.2, -0.15) is 10.4 Å². The van der Waals surface area contributed by atoms with Crippen LogP contribution in [0.2, 0.25) is 25.7 Å². The number of aromatic nitrogens is 8. The van der Waals surface area contributed by atoms with Crippen LogP contribution in [0.5, 0.6) is 5.88 Å². The summed E-state index contributed by atoms with van der Waals surface area (Å²) in [5.74, 6) is 1.88. The molecule has 6 rings (SSSR count). The molecule has 0 saturated heterocycles. The van der Waals surface area contributed by atoms with Crippen LogP contribution in [0.15, 0.2) is 36.8 Å². The lowest BCUT2D eigenvalue weighted by molar-refractivity contribution is 0.0818. The third kappa shape index (κ3) is 5.65. The van der Waals surface area contributed by atoms with Crippen LogP contribution in [-0.4, -0.2) is 61.1 Å². The van der Waals surface area contributed by atoms with Gasteiger partial charge in [-0.1, -0.05) is 49.5 Å². The van der Waals surface area contributed by atoms with Crippen molar-refractivity contribution >= 4 is 19.1 Å². The van der Waals surface area contributed by atoms with Crippen molar-refractivity contribution in [3.8, 4) is 46.1 Å². The van der Waals surface area contributed by atoms with Crippen LogP contribution >= 0.6 is 0 Å². The van der Waals surface area contributed by atoms with Crippen LogP contribution in [-0.2, 0) is 18.5 Å². The number of aryl methyl sites for hydroxylation is 1. The van der Waals surface area contributed by atoms with Gasteiger partial charge in [-0.25, -0.2) is 29.6 Å². The van der Waals surface area contributed by atoms with Gasteiger partial charge in [0.1, 0.15) is 52.9 Å². The maximum atomic E-state index is 10.2. The minimum absolute atomic E-state index is 0.235. The number of imidazole rings is 1. The summed E-state index contributed by atoms with van der Waals surface area (Å²) in [7, 11) is 2.22. The molecule has 12 heteroatoms. The van der Waals surface area contributed by atoms with E-state index in [9.17, 15) is 5.26 Å². The largest absolute Gasteiger partial charge is 0.480 e. The zero-order valence-corrected chi connectivity index (χ0v) is 26.4. The molecule has 1 fully saturated rings. The van der Waals surface area contributed by atoms with Gasteiger partial charge in [-0.05, 0) is 25.8 Å². The van der Waals surface area contributed by atoms with Crippen molar-refractivity contribution < 1.29 is 9.47 Å². The number of ether oxygens (including phenoxy) is 2. The van der Waals surface area contributed by atoms with Crippen molar-refractivity contribution in [1.29, 1.82) is 5.26 Å². The zero-order valence-electron chi connectivity index (χ0n) is 25.4. The Kier molecular flexibility index (Phi) is 7.53. The quantitative estimate of drug-likeness (QED) is 0.147. The van der Waals surface area contributed by atoms with Gasteiger partial charge in [-0.3, -0.25) is 0 Å². The standard InChI is InChI=1S/C31H35N9O2Si/c1-19-7-9-21(10-8-19)30-36-22(15-32)28(39(30)2)27-26-23(40(38-27)18-42-13-14-43(4,5)6)16-33-29(37-26)24-25(20-11-12-20)34-17-35-31(24)41-3/h7-10,16-17,20H,11-14,18H2,1-6H3. The first-order valence-corrected chi connectivity index (χ1v) is 18.1. The molecule has 1 aromatic carbocycles. The Balaban J connectivity index is 1.52. The third-order valence-electron chi connectivity index (χ3n) is 7.66. The molecule has 1 aliphatic carbocycles. The van der Waals surface area contributed by atoms with E-state index < -0.39 is 8.07 Å². The highest BCUT2D eigenvalue weighted by atomic mass is 28.3. The molecule has 1 saturated carbocycles. The van der Waals surface area contributed by atoms with Crippen molar-refractivity contribution in [2.75, 3.05) is 13.7 Å². The summed E-state index contributed by atoms with van der Waals surface area (Å²) in [6.45, 7) is 9.88. The van der Waals surface area contributed by atoms with Crippen LogP contribution < -0.4 is 4.74 Å². The van der Waals surface area contributed by atoms with Gasteiger partial charge in [0.15, 0.2) is 11.5 Å². The van der Waals surface area contributed by atoms with Gasteiger partial charge < -0.3 is 14.0 Å². The van der Waals surface area contributed by atoms with Gasteiger partial charge in [0.25, 0.3) is 0 Å². The predicted molar refractivity (Wildman–Crippen MR) is 166 cm³/mol. The van der Waals surface area contributed by atoms with Crippen LogP contribution in [0.1, 0.15) is 35.7 Å². The fourth-order valence-corrected chi connectivity index (χ4v) is 5.85. The highest BCUT2D eigenvalue weighted by Gasteiger charge is 2.32. The maximum absolute atomic E-state index is 10.2. The highest BCUT2D eigenvalue weighted by molar-refractivity contribution is 6.76. The van der Waals surface area contributed by atoms with E-state index in [2.05, 4.69) is 35.7 Å². The van der Waals surface area contributed by atoms with Crippen molar-refractivity contribution in [1.82, 2.24) is 39.3 Å². The van der Waals surface area contributed by atoms with Crippen LogP contribution in [0.25, 0.3) is 45.2 Å². The molecular formula is C31H35N9O2Si. The van der Waals surface area contributed by atoms with E-state index in [1.807, 2.05) is 42.8 Å². The second-order valence-corrected chi connectivity index (χ2v) is 17.8. The first-order valence-electron chi connectivity index (χ1n) is 14.4. The Morgan fingerprint density at radius 3 is 2.51 bits per heavy atom. The smallest absolute Gasteiger partial charge is 0.227 e. The second-order valence-electron chi connectivity index (χ2n) is 12.2. The van der Waals surface area contributed by atoms with E-state index in [1.165, 1.54) is 6.33 Å². The Morgan fingerprint density at radius 2 is 1.84 bits per heavy atom. The average Bonchev–Trinajstić information content (AvgIpc) is 3.71. The minimum atomic E-state index is -1.26.